The number of ketones is 1. The van der Waals surface area contributed by atoms with Gasteiger partial charge < -0.3 is 4.57 Å². The summed E-state index contributed by atoms with van der Waals surface area (Å²) in [6, 6.07) is 3.87. The van der Waals surface area contributed by atoms with E-state index in [9.17, 15) is 4.79 Å². The van der Waals surface area contributed by atoms with Crippen LogP contribution in [0, 0.1) is 11.8 Å². The second-order valence-corrected chi connectivity index (χ2v) is 6.01. The van der Waals surface area contributed by atoms with E-state index in [4.69, 9.17) is 0 Å². The summed E-state index contributed by atoms with van der Waals surface area (Å²) in [5, 5.41) is 0. The van der Waals surface area contributed by atoms with Crippen LogP contribution in [0.2, 0.25) is 0 Å². The zero-order chi connectivity index (χ0) is 12.5. The van der Waals surface area contributed by atoms with E-state index in [1.165, 1.54) is 25.7 Å². The second kappa shape index (κ2) is 4.88. The lowest BCUT2D eigenvalue weighted by Crippen LogP contribution is -2.34. The molecule has 3 heteroatoms. The maximum atomic E-state index is 12.3. The molecule has 3 rings (SSSR count). The molecule has 2 saturated carbocycles. The maximum Gasteiger partial charge on any atom is 0.193 e. The van der Waals surface area contributed by atoms with Crippen molar-refractivity contribution in [1.82, 2.24) is 9.47 Å². The minimum atomic E-state index is 0.267. The molecule has 0 saturated heterocycles. The monoisotopic (exact) mass is 246 g/mol. The molecule has 1 aromatic heterocycles. The van der Waals surface area contributed by atoms with Gasteiger partial charge in [-0.15, -0.1) is 0 Å². The lowest BCUT2D eigenvalue weighted by Gasteiger charge is -2.21. The van der Waals surface area contributed by atoms with Crippen LogP contribution >= 0.6 is 0 Å². The van der Waals surface area contributed by atoms with Crippen molar-refractivity contribution >= 4 is 5.78 Å². The van der Waals surface area contributed by atoms with Gasteiger partial charge in [0.2, 0.25) is 0 Å². The maximum absolute atomic E-state index is 12.3. The van der Waals surface area contributed by atoms with Crippen LogP contribution in [0.15, 0.2) is 18.3 Å². The van der Waals surface area contributed by atoms with Crippen molar-refractivity contribution in [2.75, 3.05) is 19.6 Å². The first kappa shape index (κ1) is 12.0. The molecular weight excluding hydrogens is 224 g/mol. The van der Waals surface area contributed by atoms with Gasteiger partial charge in [-0.05, 0) is 49.7 Å². The highest BCUT2D eigenvalue weighted by molar-refractivity contribution is 5.96. The summed E-state index contributed by atoms with van der Waals surface area (Å²) >= 11 is 0. The topological polar surface area (TPSA) is 25.2 Å². The summed E-state index contributed by atoms with van der Waals surface area (Å²) < 4.78 is 1.93. The molecule has 1 aromatic rings. The quantitative estimate of drug-likeness (QED) is 0.690. The van der Waals surface area contributed by atoms with Crippen molar-refractivity contribution in [3.63, 3.8) is 0 Å². The standard InChI is InChI=1S/C15H22N2O/c1-16-8-2-3-14(16)15(18)11-17(9-12-4-5-12)10-13-6-7-13/h2-3,8,12-13H,4-7,9-11H2,1H3. The first-order valence-electron chi connectivity index (χ1n) is 7.09. The fourth-order valence-electron chi connectivity index (χ4n) is 2.57. The molecule has 3 nitrogen and oxygen atoms in total. The van der Waals surface area contributed by atoms with E-state index in [1.54, 1.807) is 0 Å². The molecule has 2 aliphatic carbocycles. The minimum absolute atomic E-state index is 0.267. The fourth-order valence-corrected chi connectivity index (χ4v) is 2.57. The molecular formula is C15H22N2O. The van der Waals surface area contributed by atoms with E-state index in [0.29, 0.717) is 6.54 Å². The first-order valence-corrected chi connectivity index (χ1v) is 7.09. The number of rotatable bonds is 7. The van der Waals surface area contributed by atoms with Crippen molar-refractivity contribution in [1.29, 1.82) is 0 Å². The third-order valence-electron chi connectivity index (χ3n) is 4.02. The lowest BCUT2D eigenvalue weighted by atomic mass is 10.2. The molecule has 2 aliphatic rings. The van der Waals surface area contributed by atoms with E-state index < -0.39 is 0 Å². The highest BCUT2D eigenvalue weighted by Gasteiger charge is 2.30. The van der Waals surface area contributed by atoms with E-state index in [-0.39, 0.29) is 5.78 Å². The lowest BCUT2D eigenvalue weighted by molar-refractivity contribution is 0.0915. The van der Waals surface area contributed by atoms with E-state index in [2.05, 4.69) is 4.90 Å². The van der Waals surface area contributed by atoms with Gasteiger partial charge in [-0.25, -0.2) is 0 Å². The Labute approximate surface area is 109 Å². The first-order chi connectivity index (χ1) is 8.72. The second-order valence-electron chi connectivity index (χ2n) is 6.01. The van der Waals surface area contributed by atoms with Gasteiger partial charge in [0.15, 0.2) is 5.78 Å². The molecule has 0 unspecified atom stereocenters. The molecule has 98 valence electrons. The summed E-state index contributed by atoms with van der Waals surface area (Å²) in [6.45, 7) is 2.87. The Balaban J connectivity index is 1.59. The number of carbonyl (C=O) groups is 1. The number of hydrogen-bond donors (Lipinski definition) is 0. The highest BCUT2D eigenvalue weighted by atomic mass is 16.1. The molecule has 0 aromatic carbocycles. The predicted molar refractivity (Wildman–Crippen MR) is 71.6 cm³/mol. The summed E-state index contributed by atoms with van der Waals surface area (Å²) in [7, 11) is 1.94. The van der Waals surface area contributed by atoms with Crippen LogP contribution in [0.1, 0.15) is 36.2 Å². The summed E-state index contributed by atoms with van der Waals surface area (Å²) in [5.41, 5.74) is 0.839. The molecule has 0 N–H and O–H groups in total. The summed E-state index contributed by atoms with van der Waals surface area (Å²) in [4.78, 5) is 14.7. The molecule has 1 heterocycles. The Morgan fingerprint density at radius 2 is 1.89 bits per heavy atom. The molecule has 0 aliphatic heterocycles. The largest absolute Gasteiger partial charge is 0.348 e. The molecule has 0 radical (unpaired) electrons. The zero-order valence-electron chi connectivity index (χ0n) is 11.1. The fraction of sp³-hybridized carbons (Fsp3) is 0.667. The third kappa shape index (κ3) is 3.02. The van der Waals surface area contributed by atoms with Gasteiger partial charge in [0.25, 0.3) is 0 Å². The summed E-state index contributed by atoms with van der Waals surface area (Å²) in [6.07, 6.45) is 7.39. The van der Waals surface area contributed by atoms with Crippen LogP contribution in [0.25, 0.3) is 0 Å². The van der Waals surface area contributed by atoms with Crippen LogP contribution in [-0.4, -0.2) is 34.9 Å². The smallest absolute Gasteiger partial charge is 0.193 e. The number of aromatic nitrogens is 1. The third-order valence-corrected chi connectivity index (χ3v) is 4.02. The number of carbonyl (C=O) groups excluding carboxylic acids is 1. The Morgan fingerprint density at radius 1 is 1.28 bits per heavy atom. The number of aryl methyl sites for hydroxylation is 1. The van der Waals surface area contributed by atoms with Crippen molar-refractivity contribution < 1.29 is 4.79 Å². The van der Waals surface area contributed by atoms with Crippen molar-refractivity contribution in [3.05, 3.63) is 24.0 Å². The van der Waals surface area contributed by atoms with Crippen molar-refractivity contribution in [2.45, 2.75) is 25.7 Å². The number of Topliss-reactive ketones (excluding diaryl/α,β-unsaturated/α-hetero) is 1. The van der Waals surface area contributed by atoms with E-state index in [0.717, 1.165) is 30.6 Å². The predicted octanol–water partition coefficient (Wildman–Crippen LogP) is 2.33. The average Bonchev–Trinajstić information content (AvgIpc) is 3.23. The van der Waals surface area contributed by atoms with E-state index >= 15 is 0 Å². The average molecular weight is 246 g/mol. The Kier molecular flexibility index (Phi) is 3.25. The van der Waals surface area contributed by atoms with Crippen LogP contribution in [0.4, 0.5) is 0 Å². The van der Waals surface area contributed by atoms with Gasteiger partial charge >= 0.3 is 0 Å². The molecule has 0 bridgehead atoms. The van der Waals surface area contributed by atoms with Crippen LogP contribution < -0.4 is 0 Å². The van der Waals surface area contributed by atoms with Gasteiger partial charge in [0.05, 0.1) is 12.2 Å². The molecule has 18 heavy (non-hydrogen) atoms. The molecule has 0 amide bonds. The highest BCUT2D eigenvalue weighted by Crippen LogP contribution is 2.33. The molecule has 0 spiro atoms. The van der Waals surface area contributed by atoms with Crippen molar-refractivity contribution in [2.24, 2.45) is 18.9 Å². The normalized spacial score (nSPS) is 19.4. The van der Waals surface area contributed by atoms with Crippen molar-refractivity contribution in [3.8, 4) is 0 Å². The minimum Gasteiger partial charge on any atom is -0.348 e. The Bertz CT molecular complexity index is 415. The molecule has 2 fully saturated rings. The van der Waals surface area contributed by atoms with Crippen LogP contribution in [0.3, 0.4) is 0 Å². The summed E-state index contributed by atoms with van der Waals surface area (Å²) in [5.74, 6) is 2.00. The Hall–Kier alpha value is -1.09. The van der Waals surface area contributed by atoms with Gasteiger partial charge in [0.1, 0.15) is 0 Å². The zero-order valence-corrected chi connectivity index (χ0v) is 11.1. The van der Waals surface area contributed by atoms with E-state index in [1.807, 2.05) is 29.9 Å². The van der Waals surface area contributed by atoms with Gasteiger partial charge in [-0.3, -0.25) is 9.69 Å². The number of nitrogens with zero attached hydrogens (tertiary/aromatic N) is 2. The van der Waals surface area contributed by atoms with Gasteiger partial charge in [-0.1, -0.05) is 0 Å². The van der Waals surface area contributed by atoms with Gasteiger partial charge in [0, 0.05) is 26.3 Å². The molecule has 0 atom stereocenters. The Morgan fingerprint density at radius 3 is 2.33 bits per heavy atom. The number of hydrogen-bond acceptors (Lipinski definition) is 2. The van der Waals surface area contributed by atoms with Crippen LogP contribution in [0.5, 0.6) is 0 Å². The SMILES string of the molecule is Cn1cccc1C(=O)CN(CC1CC1)CC1CC1. The van der Waals surface area contributed by atoms with Crippen LogP contribution in [-0.2, 0) is 7.05 Å². The van der Waals surface area contributed by atoms with Gasteiger partial charge in [-0.2, -0.15) is 0 Å².